The lowest BCUT2D eigenvalue weighted by Gasteiger charge is -2.15. The maximum Gasteiger partial charge on any atom is 0.266 e. The molecule has 0 radical (unpaired) electrons. The highest BCUT2D eigenvalue weighted by Gasteiger charge is 2.32. The number of rotatable bonds is 5. The molecule has 0 spiro atoms. The van der Waals surface area contributed by atoms with E-state index >= 15 is 0 Å². The summed E-state index contributed by atoms with van der Waals surface area (Å²) in [5, 5.41) is 0.508. The van der Waals surface area contributed by atoms with E-state index in [-0.39, 0.29) is 11.5 Å². The van der Waals surface area contributed by atoms with Gasteiger partial charge in [0.2, 0.25) is 0 Å². The van der Waals surface area contributed by atoms with Gasteiger partial charge < -0.3 is 9.64 Å². The number of hydrogen-bond acceptors (Lipinski definition) is 4. The van der Waals surface area contributed by atoms with Crippen LogP contribution in [0.15, 0.2) is 76.0 Å². The molecule has 6 nitrogen and oxygen atoms in total. The van der Waals surface area contributed by atoms with Crippen LogP contribution in [0.2, 0.25) is 0 Å². The SMILES string of the molecule is CCCN1C(=O)C(=Cc2nc3ccccc3c(=O)n2-c2ccc(OC)cc2)c2cc(Br)ccc21. The Hall–Kier alpha value is -3.71. The summed E-state index contributed by atoms with van der Waals surface area (Å²) in [5.74, 6) is 0.977. The van der Waals surface area contributed by atoms with Crippen molar-refractivity contribution < 1.29 is 9.53 Å². The third-order valence-corrected chi connectivity index (χ3v) is 6.36. The van der Waals surface area contributed by atoms with Gasteiger partial charge in [-0.2, -0.15) is 0 Å². The predicted molar refractivity (Wildman–Crippen MR) is 139 cm³/mol. The number of hydrogen-bond donors (Lipinski definition) is 0. The number of halogens is 1. The third-order valence-electron chi connectivity index (χ3n) is 5.87. The average Bonchev–Trinajstić information content (AvgIpc) is 3.10. The van der Waals surface area contributed by atoms with E-state index in [9.17, 15) is 9.59 Å². The summed E-state index contributed by atoms with van der Waals surface area (Å²) in [6.07, 6.45) is 2.56. The first kappa shape index (κ1) is 22.1. The lowest BCUT2D eigenvalue weighted by Crippen LogP contribution is -2.27. The van der Waals surface area contributed by atoms with Crippen molar-refractivity contribution in [3.05, 3.63) is 92.9 Å². The van der Waals surface area contributed by atoms with Crippen molar-refractivity contribution >= 4 is 50.1 Å². The Morgan fingerprint density at radius 2 is 1.79 bits per heavy atom. The number of fused-ring (bicyclic) bond motifs is 2. The predicted octanol–water partition coefficient (Wildman–Crippen LogP) is 5.45. The average molecular weight is 516 g/mol. The van der Waals surface area contributed by atoms with Crippen LogP contribution in [-0.4, -0.2) is 29.1 Å². The Labute approximate surface area is 205 Å². The van der Waals surface area contributed by atoms with Crippen LogP contribution in [-0.2, 0) is 4.79 Å². The van der Waals surface area contributed by atoms with Crippen LogP contribution in [0.1, 0.15) is 24.7 Å². The molecule has 0 saturated carbocycles. The minimum atomic E-state index is -0.201. The van der Waals surface area contributed by atoms with E-state index in [4.69, 9.17) is 9.72 Å². The van der Waals surface area contributed by atoms with Gasteiger partial charge in [-0.15, -0.1) is 0 Å². The number of carbonyl (C=O) groups is 1. The van der Waals surface area contributed by atoms with Gasteiger partial charge in [0, 0.05) is 16.6 Å². The number of amides is 1. The molecule has 0 N–H and O–H groups in total. The van der Waals surface area contributed by atoms with Crippen LogP contribution in [0.4, 0.5) is 5.69 Å². The maximum absolute atomic E-state index is 13.6. The summed E-state index contributed by atoms with van der Waals surface area (Å²) >= 11 is 3.53. The van der Waals surface area contributed by atoms with Gasteiger partial charge in [0.1, 0.15) is 11.6 Å². The second-order valence-electron chi connectivity index (χ2n) is 8.00. The van der Waals surface area contributed by atoms with E-state index < -0.39 is 0 Å². The third kappa shape index (κ3) is 3.72. The zero-order valence-corrected chi connectivity index (χ0v) is 20.4. The largest absolute Gasteiger partial charge is 0.497 e. The van der Waals surface area contributed by atoms with E-state index in [1.807, 2.05) is 55.5 Å². The quantitative estimate of drug-likeness (QED) is 0.331. The Bertz CT molecular complexity index is 1510. The number of para-hydroxylation sites is 1. The van der Waals surface area contributed by atoms with Crippen LogP contribution in [0.3, 0.4) is 0 Å². The van der Waals surface area contributed by atoms with Crippen molar-refractivity contribution in [1.82, 2.24) is 9.55 Å². The summed E-state index contributed by atoms with van der Waals surface area (Å²) in [6.45, 7) is 2.65. The summed E-state index contributed by atoms with van der Waals surface area (Å²) < 4.78 is 7.69. The Kier molecular flexibility index (Phi) is 5.79. The van der Waals surface area contributed by atoms with Gasteiger partial charge >= 0.3 is 0 Å². The molecule has 170 valence electrons. The van der Waals surface area contributed by atoms with Crippen molar-refractivity contribution in [2.45, 2.75) is 13.3 Å². The highest BCUT2D eigenvalue weighted by Crippen LogP contribution is 2.39. The van der Waals surface area contributed by atoms with Crippen molar-refractivity contribution in [3.8, 4) is 11.4 Å². The zero-order chi connectivity index (χ0) is 23.8. The van der Waals surface area contributed by atoms with Crippen molar-refractivity contribution in [2.24, 2.45) is 0 Å². The van der Waals surface area contributed by atoms with Crippen LogP contribution in [0.5, 0.6) is 5.75 Å². The van der Waals surface area contributed by atoms with Gasteiger partial charge in [-0.25, -0.2) is 4.98 Å². The monoisotopic (exact) mass is 515 g/mol. The van der Waals surface area contributed by atoms with E-state index in [1.165, 1.54) is 0 Å². The van der Waals surface area contributed by atoms with E-state index in [2.05, 4.69) is 15.9 Å². The molecule has 1 aromatic heterocycles. The van der Waals surface area contributed by atoms with E-state index in [1.54, 1.807) is 40.9 Å². The van der Waals surface area contributed by atoms with Crippen molar-refractivity contribution in [2.75, 3.05) is 18.6 Å². The van der Waals surface area contributed by atoms with Crippen LogP contribution >= 0.6 is 15.9 Å². The molecule has 0 bridgehead atoms. The molecule has 0 aliphatic carbocycles. The van der Waals surface area contributed by atoms with Crippen molar-refractivity contribution in [1.29, 1.82) is 0 Å². The number of nitrogens with zero attached hydrogens (tertiary/aromatic N) is 3. The van der Waals surface area contributed by atoms with Gasteiger partial charge in [0.25, 0.3) is 11.5 Å². The lowest BCUT2D eigenvalue weighted by molar-refractivity contribution is -0.113. The fraction of sp³-hybridized carbons (Fsp3) is 0.148. The summed E-state index contributed by atoms with van der Waals surface area (Å²) in [5.41, 5.74) is 3.20. The first-order chi connectivity index (χ1) is 16.5. The minimum Gasteiger partial charge on any atom is -0.497 e. The fourth-order valence-corrected chi connectivity index (χ4v) is 4.63. The molecule has 0 saturated heterocycles. The lowest BCUT2D eigenvalue weighted by atomic mass is 10.1. The Morgan fingerprint density at radius 3 is 2.53 bits per heavy atom. The zero-order valence-electron chi connectivity index (χ0n) is 18.8. The minimum absolute atomic E-state index is 0.0985. The van der Waals surface area contributed by atoms with Gasteiger partial charge in [0.15, 0.2) is 0 Å². The maximum atomic E-state index is 13.6. The van der Waals surface area contributed by atoms with Gasteiger partial charge in [-0.05, 0) is 67.1 Å². The van der Waals surface area contributed by atoms with E-state index in [0.717, 1.165) is 22.1 Å². The molecule has 34 heavy (non-hydrogen) atoms. The number of anilines is 1. The molecule has 0 atom stereocenters. The second kappa shape index (κ2) is 8.91. The highest BCUT2D eigenvalue weighted by atomic mass is 79.9. The molecule has 4 aromatic rings. The topological polar surface area (TPSA) is 64.4 Å². The van der Waals surface area contributed by atoms with Gasteiger partial charge in [0.05, 0.1) is 35.0 Å². The smallest absolute Gasteiger partial charge is 0.266 e. The van der Waals surface area contributed by atoms with Gasteiger partial charge in [-0.3, -0.25) is 14.2 Å². The van der Waals surface area contributed by atoms with Crippen molar-refractivity contribution in [3.63, 3.8) is 0 Å². The Balaban J connectivity index is 1.78. The normalized spacial score (nSPS) is 14.1. The molecule has 0 unspecified atom stereocenters. The van der Waals surface area contributed by atoms with Crippen LogP contribution < -0.4 is 15.2 Å². The molecule has 3 aromatic carbocycles. The number of carbonyl (C=O) groups excluding carboxylic acids is 1. The molecular weight excluding hydrogens is 494 g/mol. The standard InChI is InChI=1S/C27H22BrN3O3/c1-3-14-30-24-13-8-17(28)15-21(24)22(26(30)32)16-25-29-23-7-5-4-6-20(23)27(33)31(25)18-9-11-19(34-2)12-10-18/h4-13,15-16H,3,14H2,1-2H3. The first-order valence-corrected chi connectivity index (χ1v) is 11.8. The van der Waals surface area contributed by atoms with E-state index in [0.29, 0.717) is 40.3 Å². The number of benzene rings is 3. The number of ether oxygens (including phenoxy) is 1. The second-order valence-corrected chi connectivity index (χ2v) is 8.92. The van der Waals surface area contributed by atoms with Crippen LogP contribution in [0.25, 0.3) is 28.2 Å². The molecule has 0 fully saturated rings. The van der Waals surface area contributed by atoms with Crippen LogP contribution in [0, 0.1) is 0 Å². The molecule has 2 heterocycles. The molecule has 1 aliphatic rings. The molecule has 7 heteroatoms. The summed E-state index contributed by atoms with van der Waals surface area (Å²) in [7, 11) is 1.60. The van der Waals surface area contributed by atoms with Gasteiger partial charge in [-0.1, -0.05) is 35.0 Å². The summed E-state index contributed by atoms with van der Waals surface area (Å²) in [4.78, 5) is 33.6. The fourth-order valence-electron chi connectivity index (χ4n) is 4.27. The Morgan fingerprint density at radius 1 is 1.03 bits per heavy atom. The number of aromatic nitrogens is 2. The molecule has 5 rings (SSSR count). The summed E-state index contributed by atoms with van der Waals surface area (Å²) in [6, 6.07) is 20.3. The first-order valence-electron chi connectivity index (χ1n) is 11.0. The highest BCUT2D eigenvalue weighted by molar-refractivity contribution is 9.10. The number of methoxy groups -OCH3 is 1. The molecular formula is C27H22BrN3O3. The molecule has 1 aliphatic heterocycles. The molecule has 1 amide bonds.